The highest BCUT2D eigenvalue weighted by Gasteiger charge is 2.09. The number of nitrogens with one attached hydrogen (secondary N) is 1. The first-order chi connectivity index (χ1) is 6.38. The Labute approximate surface area is 86.5 Å². The van der Waals surface area contributed by atoms with Crippen LogP contribution < -0.4 is 5.32 Å². The molecule has 0 saturated carbocycles. The quantitative estimate of drug-likeness (QED) is 0.802. The molecular weight excluding hydrogens is 174 g/mol. The summed E-state index contributed by atoms with van der Waals surface area (Å²) in [5.74, 6) is 0. The van der Waals surface area contributed by atoms with E-state index in [-0.39, 0.29) is 5.54 Å². The maximum absolute atomic E-state index is 4.29. The lowest BCUT2D eigenvalue weighted by Crippen LogP contribution is -2.34. The Morgan fingerprint density at radius 1 is 1.43 bits per heavy atom. The second-order valence-corrected chi connectivity index (χ2v) is 5.03. The third kappa shape index (κ3) is 3.50. The lowest BCUT2D eigenvalue weighted by atomic mass is 10.1. The van der Waals surface area contributed by atoms with Gasteiger partial charge in [-0.1, -0.05) is 0 Å². The van der Waals surface area contributed by atoms with Crippen molar-refractivity contribution in [2.75, 3.05) is 0 Å². The van der Waals surface area contributed by atoms with Crippen molar-refractivity contribution in [3.8, 4) is 0 Å². The molecule has 1 heterocycles. The van der Waals surface area contributed by atoms with Crippen LogP contribution in [0, 0.1) is 0 Å². The normalized spacial score (nSPS) is 12.4. The lowest BCUT2D eigenvalue weighted by Gasteiger charge is -2.19. The minimum atomic E-state index is 0.167. The first kappa shape index (κ1) is 11.2. The summed E-state index contributed by atoms with van der Waals surface area (Å²) in [5, 5.41) is 7.73. The SMILES string of the molecule is CC(C)n1cc(CNC(C)(C)C)cn1. The van der Waals surface area contributed by atoms with Gasteiger partial charge in [0.05, 0.1) is 6.20 Å². The average Bonchev–Trinajstić information content (AvgIpc) is 2.47. The summed E-state index contributed by atoms with van der Waals surface area (Å²) < 4.78 is 1.99. The standard InChI is InChI=1S/C11H21N3/c1-9(2)14-8-10(7-13-14)6-12-11(3,4)5/h7-9,12H,6H2,1-5H3. The monoisotopic (exact) mass is 195 g/mol. The van der Waals surface area contributed by atoms with E-state index < -0.39 is 0 Å². The molecule has 3 nitrogen and oxygen atoms in total. The topological polar surface area (TPSA) is 29.9 Å². The number of rotatable bonds is 3. The average molecular weight is 195 g/mol. The minimum absolute atomic E-state index is 0.167. The molecule has 0 aromatic carbocycles. The van der Waals surface area contributed by atoms with Gasteiger partial charge in [0.25, 0.3) is 0 Å². The zero-order valence-electron chi connectivity index (χ0n) is 9.83. The van der Waals surface area contributed by atoms with Crippen molar-refractivity contribution in [1.29, 1.82) is 0 Å². The van der Waals surface area contributed by atoms with Crippen molar-refractivity contribution in [2.24, 2.45) is 0 Å². The number of hydrogen-bond acceptors (Lipinski definition) is 2. The molecule has 0 unspecified atom stereocenters. The van der Waals surface area contributed by atoms with Crippen LogP contribution in [0.5, 0.6) is 0 Å². The molecule has 0 aliphatic heterocycles. The lowest BCUT2D eigenvalue weighted by molar-refractivity contribution is 0.424. The van der Waals surface area contributed by atoms with Gasteiger partial charge >= 0.3 is 0 Å². The van der Waals surface area contributed by atoms with Crippen molar-refractivity contribution < 1.29 is 0 Å². The van der Waals surface area contributed by atoms with Gasteiger partial charge in [0.2, 0.25) is 0 Å². The zero-order chi connectivity index (χ0) is 10.8. The molecule has 80 valence electrons. The molecule has 1 aromatic heterocycles. The van der Waals surface area contributed by atoms with E-state index in [1.165, 1.54) is 5.56 Å². The van der Waals surface area contributed by atoms with Crippen LogP contribution in [-0.2, 0) is 6.54 Å². The van der Waals surface area contributed by atoms with E-state index in [0.29, 0.717) is 6.04 Å². The van der Waals surface area contributed by atoms with E-state index in [1.807, 2.05) is 10.9 Å². The van der Waals surface area contributed by atoms with Crippen LogP contribution in [0.1, 0.15) is 46.2 Å². The van der Waals surface area contributed by atoms with Crippen LogP contribution in [0.4, 0.5) is 0 Å². The molecule has 0 saturated heterocycles. The Hall–Kier alpha value is -0.830. The summed E-state index contributed by atoms with van der Waals surface area (Å²) in [4.78, 5) is 0. The molecule has 0 aliphatic carbocycles. The maximum atomic E-state index is 4.29. The van der Waals surface area contributed by atoms with Crippen LogP contribution in [0.15, 0.2) is 12.4 Å². The van der Waals surface area contributed by atoms with E-state index in [9.17, 15) is 0 Å². The number of hydrogen-bond donors (Lipinski definition) is 1. The highest BCUT2D eigenvalue weighted by Crippen LogP contribution is 2.07. The first-order valence-corrected chi connectivity index (χ1v) is 5.16. The molecule has 0 radical (unpaired) electrons. The molecule has 0 spiro atoms. The van der Waals surface area contributed by atoms with Gasteiger partial charge in [-0.15, -0.1) is 0 Å². The van der Waals surface area contributed by atoms with Crippen LogP contribution in [0.25, 0.3) is 0 Å². The van der Waals surface area contributed by atoms with Crippen molar-refractivity contribution in [3.05, 3.63) is 18.0 Å². The van der Waals surface area contributed by atoms with Crippen LogP contribution in [0.3, 0.4) is 0 Å². The molecule has 3 heteroatoms. The summed E-state index contributed by atoms with van der Waals surface area (Å²) in [6.07, 6.45) is 4.03. The highest BCUT2D eigenvalue weighted by molar-refractivity contribution is 5.04. The van der Waals surface area contributed by atoms with Gasteiger partial charge in [0, 0.05) is 29.9 Å². The van der Waals surface area contributed by atoms with Crippen molar-refractivity contribution in [1.82, 2.24) is 15.1 Å². The third-order valence-electron chi connectivity index (χ3n) is 2.01. The van der Waals surface area contributed by atoms with E-state index >= 15 is 0 Å². The van der Waals surface area contributed by atoms with Gasteiger partial charge in [0.15, 0.2) is 0 Å². The number of aromatic nitrogens is 2. The molecule has 0 atom stereocenters. The third-order valence-corrected chi connectivity index (χ3v) is 2.01. The largest absolute Gasteiger partial charge is 0.308 e. The second-order valence-electron chi connectivity index (χ2n) is 5.03. The molecular formula is C11H21N3. The zero-order valence-corrected chi connectivity index (χ0v) is 9.83. The van der Waals surface area contributed by atoms with E-state index in [0.717, 1.165) is 6.54 Å². The van der Waals surface area contributed by atoms with Gasteiger partial charge in [0.1, 0.15) is 0 Å². The van der Waals surface area contributed by atoms with E-state index in [4.69, 9.17) is 0 Å². The molecule has 14 heavy (non-hydrogen) atoms. The van der Waals surface area contributed by atoms with E-state index in [2.05, 4.69) is 51.2 Å². The molecule has 0 aliphatic rings. The summed E-state index contributed by atoms with van der Waals surface area (Å²) in [5.41, 5.74) is 1.41. The molecule has 0 bridgehead atoms. The Bertz CT molecular complexity index is 281. The Balaban J connectivity index is 2.52. The van der Waals surface area contributed by atoms with Crippen LogP contribution in [0.2, 0.25) is 0 Å². The molecule has 0 fully saturated rings. The van der Waals surface area contributed by atoms with Crippen molar-refractivity contribution in [3.63, 3.8) is 0 Å². The minimum Gasteiger partial charge on any atom is -0.308 e. The van der Waals surface area contributed by atoms with Gasteiger partial charge in [-0.3, -0.25) is 4.68 Å². The van der Waals surface area contributed by atoms with Crippen molar-refractivity contribution in [2.45, 2.75) is 52.7 Å². The fourth-order valence-electron chi connectivity index (χ4n) is 1.12. The number of nitrogens with zero attached hydrogens (tertiary/aromatic N) is 2. The van der Waals surface area contributed by atoms with Gasteiger partial charge in [-0.2, -0.15) is 5.10 Å². The summed E-state index contributed by atoms with van der Waals surface area (Å²) in [6, 6.07) is 0.443. The predicted octanol–water partition coefficient (Wildman–Crippen LogP) is 2.35. The van der Waals surface area contributed by atoms with Crippen molar-refractivity contribution >= 4 is 0 Å². The predicted molar refractivity (Wildman–Crippen MR) is 59.2 cm³/mol. The van der Waals surface area contributed by atoms with Gasteiger partial charge < -0.3 is 5.32 Å². The molecule has 1 aromatic rings. The van der Waals surface area contributed by atoms with E-state index in [1.54, 1.807) is 0 Å². The Morgan fingerprint density at radius 2 is 2.07 bits per heavy atom. The fraction of sp³-hybridized carbons (Fsp3) is 0.727. The Kier molecular flexibility index (Phi) is 3.32. The van der Waals surface area contributed by atoms with Crippen LogP contribution in [-0.4, -0.2) is 15.3 Å². The summed E-state index contributed by atoms with van der Waals surface area (Å²) in [6.45, 7) is 11.7. The summed E-state index contributed by atoms with van der Waals surface area (Å²) in [7, 11) is 0. The maximum Gasteiger partial charge on any atom is 0.0534 e. The highest BCUT2D eigenvalue weighted by atomic mass is 15.3. The van der Waals surface area contributed by atoms with Gasteiger partial charge in [-0.25, -0.2) is 0 Å². The smallest absolute Gasteiger partial charge is 0.0534 e. The first-order valence-electron chi connectivity index (χ1n) is 5.16. The van der Waals surface area contributed by atoms with Gasteiger partial charge in [-0.05, 0) is 34.6 Å². The molecule has 1 N–H and O–H groups in total. The Morgan fingerprint density at radius 3 is 2.50 bits per heavy atom. The fourth-order valence-corrected chi connectivity index (χ4v) is 1.12. The molecule has 1 rings (SSSR count). The molecule has 0 amide bonds. The second kappa shape index (κ2) is 4.13. The summed E-state index contributed by atoms with van der Waals surface area (Å²) >= 11 is 0. The van der Waals surface area contributed by atoms with Crippen LogP contribution >= 0.6 is 0 Å².